The molecule has 1 rings (SSSR count). The summed E-state index contributed by atoms with van der Waals surface area (Å²) in [4.78, 5) is 22.6. The first-order chi connectivity index (χ1) is 8.51. The van der Waals surface area contributed by atoms with Gasteiger partial charge in [0.15, 0.2) is 11.5 Å². The largest absolute Gasteiger partial charge is 0.493 e. The molecule has 1 atom stereocenters. The molecule has 0 unspecified atom stereocenters. The lowest BCUT2D eigenvalue weighted by Crippen LogP contribution is -2.38. The summed E-state index contributed by atoms with van der Waals surface area (Å²) < 4.78 is 10.2. The smallest absolute Gasteiger partial charge is 0.325 e. The van der Waals surface area contributed by atoms with Crippen molar-refractivity contribution in [3.8, 4) is 11.5 Å². The second-order valence-corrected chi connectivity index (χ2v) is 3.57. The van der Waals surface area contributed by atoms with Gasteiger partial charge in [-0.25, -0.2) is 0 Å². The van der Waals surface area contributed by atoms with Crippen LogP contribution in [0.1, 0.15) is 17.3 Å². The van der Waals surface area contributed by atoms with Crippen molar-refractivity contribution in [3.05, 3.63) is 23.8 Å². The number of aliphatic carboxylic acids is 1. The summed E-state index contributed by atoms with van der Waals surface area (Å²) >= 11 is 0. The zero-order valence-electron chi connectivity index (χ0n) is 10.4. The van der Waals surface area contributed by atoms with Gasteiger partial charge >= 0.3 is 5.97 Å². The average molecular weight is 253 g/mol. The van der Waals surface area contributed by atoms with E-state index in [2.05, 4.69) is 5.32 Å². The second-order valence-electron chi connectivity index (χ2n) is 3.57. The maximum absolute atomic E-state index is 11.9. The number of ether oxygens (including phenoxy) is 2. The molecule has 2 N–H and O–H groups in total. The molecule has 0 aromatic heterocycles. The van der Waals surface area contributed by atoms with Gasteiger partial charge in [0.2, 0.25) is 0 Å². The van der Waals surface area contributed by atoms with Crippen molar-refractivity contribution in [3.63, 3.8) is 0 Å². The summed E-state index contributed by atoms with van der Waals surface area (Å²) in [5, 5.41) is 11.1. The van der Waals surface area contributed by atoms with Crippen LogP contribution in [0.5, 0.6) is 11.5 Å². The molecule has 98 valence electrons. The van der Waals surface area contributed by atoms with Crippen LogP contribution in [-0.4, -0.2) is 37.2 Å². The molecule has 18 heavy (non-hydrogen) atoms. The first kappa shape index (κ1) is 13.8. The van der Waals surface area contributed by atoms with Crippen molar-refractivity contribution < 1.29 is 24.2 Å². The van der Waals surface area contributed by atoms with Crippen LogP contribution in [0.25, 0.3) is 0 Å². The van der Waals surface area contributed by atoms with E-state index in [1.807, 2.05) is 0 Å². The van der Waals surface area contributed by atoms with Gasteiger partial charge in [-0.3, -0.25) is 9.59 Å². The molecule has 0 radical (unpaired) electrons. The highest BCUT2D eigenvalue weighted by molar-refractivity contribution is 5.99. The number of benzene rings is 1. The lowest BCUT2D eigenvalue weighted by atomic mass is 10.1. The minimum Gasteiger partial charge on any atom is -0.493 e. The topological polar surface area (TPSA) is 84.9 Å². The molecule has 1 aromatic rings. The summed E-state index contributed by atoms with van der Waals surface area (Å²) in [6.45, 7) is 1.38. The van der Waals surface area contributed by atoms with Gasteiger partial charge in [0.05, 0.1) is 19.8 Å². The number of para-hydroxylation sites is 1. The molecular weight excluding hydrogens is 238 g/mol. The van der Waals surface area contributed by atoms with Crippen molar-refractivity contribution in [2.75, 3.05) is 14.2 Å². The molecule has 1 aromatic carbocycles. The van der Waals surface area contributed by atoms with Gasteiger partial charge in [-0.05, 0) is 19.1 Å². The highest BCUT2D eigenvalue weighted by atomic mass is 16.5. The van der Waals surface area contributed by atoms with E-state index in [9.17, 15) is 9.59 Å². The summed E-state index contributed by atoms with van der Waals surface area (Å²) in [6.07, 6.45) is 0. The van der Waals surface area contributed by atoms with Crippen LogP contribution in [0.4, 0.5) is 0 Å². The highest BCUT2D eigenvalue weighted by Gasteiger charge is 2.20. The molecule has 0 fully saturated rings. The Labute approximate surface area is 105 Å². The number of hydrogen-bond donors (Lipinski definition) is 2. The number of carbonyl (C=O) groups is 2. The van der Waals surface area contributed by atoms with E-state index in [0.29, 0.717) is 5.75 Å². The molecule has 0 aliphatic carbocycles. The number of amides is 1. The Hall–Kier alpha value is -2.24. The van der Waals surface area contributed by atoms with Gasteiger partial charge in [0.1, 0.15) is 6.04 Å². The number of carbonyl (C=O) groups excluding carboxylic acids is 1. The van der Waals surface area contributed by atoms with Gasteiger partial charge in [0.25, 0.3) is 5.91 Å². The monoisotopic (exact) mass is 253 g/mol. The van der Waals surface area contributed by atoms with Crippen molar-refractivity contribution in [1.82, 2.24) is 5.32 Å². The third-order valence-electron chi connectivity index (χ3n) is 2.37. The van der Waals surface area contributed by atoms with Gasteiger partial charge in [0, 0.05) is 0 Å². The van der Waals surface area contributed by atoms with Crippen LogP contribution < -0.4 is 14.8 Å². The van der Waals surface area contributed by atoms with Gasteiger partial charge in [-0.15, -0.1) is 0 Å². The maximum atomic E-state index is 11.9. The zero-order chi connectivity index (χ0) is 13.7. The minimum atomic E-state index is -1.11. The molecule has 6 heteroatoms. The third-order valence-corrected chi connectivity index (χ3v) is 2.37. The summed E-state index contributed by atoms with van der Waals surface area (Å²) in [5.74, 6) is -0.950. The Morgan fingerprint density at radius 1 is 1.28 bits per heavy atom. The molecule has 0 aliphatic heterocycles. The number of methoxy groups -OCH3 is 2. The van der Waals surface area contributed by atoms with Crippen molar-refractivity contribution >= 4 is 11.9 Å². The van der Waals surface area contributed by atoms with E-state index >= 15 is 0 Å². The van der Waals surface area contributed by atoms with Crippen LogP contribution in [-0.2, 0) is 4.79 Å². The number of carboxylic acids is 1. The van der Waals surface area contributed by atoms with E-state index in [4.69, 9.17) is 14.6 Å². The van der Waals surface area contributed by atoms with E-state index in [1.165, 1.54) is 27.2 Å². The van der Waals surface area contributed by atoms with Gasteiger partial charge in [-0.2, -0.15) is 0 Å². The van der Waals surface area contributed by atoms with Gasteiger partial charge < -0.3 is 19.9 Å². The van der Waals surface area contributed by atoms with Crippen molar-refractivity contribution in [2.24, 2.45) is 0 Å². The van der Waals surface area contributed by atoms with Gasteiger partial charge in [-0.1, -0.05) is 6.07 Å². The fraction of sp³-hybridized carbons (Fsp3) is 0.333. The molecular formula is C12H15NO5. The van der Waals surface area contributed by atoms with Crippen LogP contribution >= 0.6 is 0 Å². The predicted octanol–water partition coefficient (Wildman–Crippen LogP) is 0.907. The minimum absolute atomic E-state index is 0.227. The normalized spacial score (nSPS) is 11.5. The average Bonchev–Trinajstić information content (AvgIpc) is 2.37. The van der Waals surface area contributed by atoms with Crippen LogP contribution in [0.15, 0.2) is 18.2 Å². The van der Waals surface area contributed by atoms with Crippen molar-refractivity contribution in [2.45, 2.75) is 13.0 Å². The van der Waals surface area contributed by atoms with Crippen molar-refractivity contribution in [1.29, 1.82) is 0 Å². The predicted molar refractivity (Wildman–Crippen MR) is 64.1 cm³/mol. The number of rotatable bonds is 5. The van der Waals surface area contributed by atoms with E-state index in [1.54, 1.807) is 12.1 Å². The van der Waals surface area contributed by atoms with Crippen LogP contribution in [0, 0.1) is 0 Å². The first-order valence-electron chi connectivity index (χ1n) is 5.26. The SMILES string of the molecule is COc1cccc(C(=O)N[C@@H](C)C(=O)O)c1OC. The molecule has 0 heterocycles. The fourth-order valence-corrected chi connectivity index (χ4v) is 1.40. The van der Waals surface area contributed by atoms with E-state index in [-0.39, 0.29) is 11.3 Å². The molecule has 0 saturated heterocycles. The lowest BCUT2D eigenvalue weighted by molar-refractivity contribution is -0.138. The molecule has 6 nitrogen and oxygen atoms in total. The number of carboxylic acid groups (broad SMARTS) is 1. The number of nitrogens with one attached hydrogen (secondary N) is 1. The Balaban J connectivity index is 3.02. The Bertz CT molecular complexity index is 458. The Kier molecular flexibility index (Phi) is 4.53. The third kappa shape index (κ3) is 2.91. The van der Waals surface area contributed by atoms with Crippen LogP contribution in [0.3, 0.4) is 0 Å². The fourth-order valence-electron chi connectivity index (χ4n) is 1.40. The zero-order valence-corrected chi connectivity index (χ0v) is 10.4. The molecule has 0 bridgehead atoms. The maximum Gasteiger partial charge on any atom is 0.325 e. The van der Waals surface area contributed by atoms with E-state index < -0.39 is 17.9 Å². The molecule has 0 saturated carbocycles. The standard InChI is InChI=1S/C12H15NO5/c1-7(12(15)16)13-11(14)8-5-4-6-9(17-2)10(8)18-3/h4-7H,1-3H3,(H,13,14)(H,15,16)/t7-/m0/s1. The number of hydrogen-bond acceptors (Lipinski definition) is 4. The summed E-state index contributed by atoms with van der Waals surface area (Å²) in [5.41, 5.74) is 0.227. The molecule has 1 amide bonds. The van der Waals surface area contributed by atoms with E-state index in [0.717, 1.165) is 0 Å². The first-order valence-corrected chi connectivity index (χ1v) is 5.26. The molecule has 0 aliphatic rings. The highest BCUT2D eigenvalue weighted by Crippen LogP contribution is 2.30. The lowest BCUT2D eigenvalue weighted by Gasteiger charge is -2.14. The summed E-state index contributed by atoms with van der Waals surface area (Å²) in [7, 11) is 2.87. The molecule has 0 spiro atoms. The Morgan fingerprint density at radius 3 is 2.44 bits per heavy atom. The Morgan fingerprint density at radius 2 is 1.94 bits per heavy atom. The quantitative estimate of drug-likeness (QED) is 0.814. The van der Waals surface area contributed by atoms with Crippen LogP contribution in [0.2, 0.25) is 0 Å². The second kappa shape index (κ2) is 5.90. The summed E-state index contributed by atoms with van der Waals surface area (Å²) in [6, 6.07) is 3.83.